The maximum Gasteiger partial charge on any atom is 0.441 e. The predicted molar refractivity (Wildman–Crippen MR) is 105 cm³/mol. The van der Waals surface area contributed by atoms with Crippen molar-refractivity contribution in [2.45, 2.75) is 39.1 Å². The van der Waals surface area contributed by atoms with E-state index < -0.39 is 12.5 Å². The maximum absolute atomic E-state index is 11.4. The smallest absolute Gasteiger partial charge is 0.393 e. The number of carbonyl (C=O) groups is 2. The molecule has 6 nitrogen and oxygen atoms in total. The van der Waals surface area contributed by atoms with Crippen LogP contribution < -0.4 is 10.6 Å². The first-order chi connectivity index (χ1) is 13.0. The minimum absolute atomic E-state index is 0.0600. The number of hydrogen-bond donors (Lipinski definition) is 2. The Balaban J connectivity index is 1.90. The standard InChI is InChI=1S/C20H25BN2O4/c1-15(24)22-19(13-17-9-5-3-6-10-17)26-21-27-20(23-16(2)25)14-18-11-7-4-8-12-18/h3-12,19-21H,13-14H2,1-2H3,(H,22,24)(H,23,25)/t19-,20-/m1/s1. The molecule has 2 rings (SSSR count). The van der Waals surface area contributed by atoms with Gasteiger partial charge in [-0.05, 0) is 11.1 Å². The summed E-state index contributed by atoms with van der Waals surface area (Å²) in [5.74, 6) is -0.364. The fourth-order valence-corrected chi connectivity index (χ4v) is 2.62. The molecule has 0 spiro atoms. The van der Waals surface area contributed by atoms with Gasteiger partial charge in [0.05, 0.1) is 0 Å². The summed E-state index contributed by atoms with van der Waals surface area (Å²) in [5.41, 5.74) is 2.08. The molecule has 2 aromatic carbocycles. The van der Waals surface area contributed by atoms with Crippen LogP contribution in [0.5, 0.6) is 0 Å². The van der Waals surface area contributed by atoms with Crippen molar-refractivity contribution in [2.75, 3.05) is 0 Å². The van der Waals surface area contributed by atoms with E-state index >= 15 is 0 Å². The second-order valence-corrected chi connectivity index (χ2v) is 6.21. The van der Waals surface area contributed by atoms with Gasteiger partial charge >= 0.3 is 7.69 Å². The van der Waals surface area contributed by atoms with Crippen molar-refractivity contribution in [3.8, 4) is 0 Å². The molecule has 2 atom stereocenters. The molecule has 7 heteroatoms. The van der Waals surface area contributed by atoms with Gasteiger partial charge in [0.2, 0.25) is 11.8 Å². The highest BCUT2D eigenvalue weighted by Gasteiger charge is 2.16. The Bertz CT molecular complexity index is 651. The topological polar surface area (TPSA) is 76.7 Å². The van der Waals surface area contributed by atoms with Gasteiger partial charge < -0.3 is 19.9 Å². The van der Waals surface area contributed by atoms with Crippen LogP contribution >= 0.6 is 0 Å². The molecule has 0 unspecified atom stereocenters. The summed E-state index contributed by atoms with van der Waals surface area (Å²) in [7, 11) is -0.0600. The van der Waals surface area contributed by atoms with Gasteiger partial charge in [-0.2, -0.15) is 0 Å². The molecule has 2 N–H and O–H groups in total. The Labute approximate surface area is 160 Å². The van der Waals surface area contributed by atoms with Crippen LogP contribution in [0.25, 0.3) is 0 Å². The van der Waals surface area contributed by atoms with E-state index in [1.807, 2.05) is 60.7 Å². The van der Waals surface area contributed by atoms with E-state index in [0.717, 1.165) is 11.1 Å². The highest BCUT2D eigenvalue weighted by Crippen LogP contribution is 2.07. The average Bonchev–Trinajstić information content (AvgIpc) is 2.62. The van der Waals surface area contributed by atoms with Crippen LogP contribution in [0.2, 0.25) is 0 Å². The number of rotatable bonds is 10. The molecule has 0 aliphatic rings. The Hall–Kier alpha value is -2.64. The average molecular weight is 368 g/mol. The Kier molecular flexibility index (Phi) is 8.54. The van der Waals surface area contributed by atoms with Crippen LogP contribution in [-0.4, -0.2) is 32.0 Å². The quantitative estimate of drug-likeness (QED) is 0.494. The normalized spacial score (nSPS) is 12.7. The molecule has 2 aromatic rings. The van der Waals surface area contributed by atoms with Gasteiger partial charge in [0.15, 0.2) is 0 Å². The first-order valence-corrected chi connectivity index (χ1v) is 8.88. The molecule has 0 aliphatic heterocycles. The predicted octanol–water partition coefficient (Wildman–Crippen LogP) is 1.70. The van der Waals surface area contributed by atoms with Crippen molar-refractivity contribution >= 4 is 19.5 Å². The van der Waals surface area contributed by atoms with Gasteiger partial charge in [0, 0.05) is 26.7 Å². The monoisotopic (exact) mass is 368 g/mol. The summed E-state index contributed by atoms with van der Waals surface area (Å²) >= 11 is 0. The second kappa shape index (κ2) is 11.2. The van der Waals surface area contributed by atoms with Crippen LogP contribution in [0.15, 0.2) is 60.7 Å². The van der Waals surface area contributed by atoms with Gasteiger partial charge in [-0.25, -0.2) is 0 Å². The van der Waals surface area contributed by atoms with Crippen molar-refractivity contribution in [2.24, 2.45) is 0 Å². The molecular formula is C20H25BN2O4. The molecule has 2 amide bonds. The summed E-state index contributed by atoms with van der Waals surface area (Å²) in [5, 5.41) is 5.53. The van der Waals surface area contributed by atoms with Gasteiger partial charge in [0.1, 0.15) is 12.5 Å². The lowest BCUT2D eigenvalue weighted by molar-refractivity contribution is -0.121. The van der Waals surface area contributed by atoms with Crippen LogP contribution in [0, 0.1) is 0 Å². The van der Waals surface area contributed by atoms with Gasteiger partial charge in [-0.15, -0.1) is 0 Å². The van der Waals surface area contributed by atoms with Gasteiger partial charge in [-0.3, -0.25) is 9.59 Å². The largest absolute Gasteiger partial charge is 0.441 e. The zero-order chi connectivity index (χ0) is 19.5. The molecule has 0 bridgehead atoms. The van der Waals surface area contributed by atoms with E-state index in [4.69, 9.17) is 9.31 Å². The highest BCUT2D eigenvalue weighted by molar-refractivity contribution is 6.18. The number of amides is 2. The third kappa shape index (κ3) is 8.53. The van der Waals surface area contributed by atoms with Crippen LogP contribution in [0.4, 0.5) is 0 Å². The Morgan fingerprint density at radius 2 is 1.15 bits per heavy atom. The van der Waals surface area contributed by atoms with Crippen molar-refractivity contribution < 1.29 is 18.9 Å². The van der Waals surface area contributed by atoms with Crippen LogP contribution in [0.3, 0.4) is 0 Å². The van der Waals surface area contributed by atoms with E-state index in [0.29, 0.717) is 12.8 Å². The van der Waals surface area contributed by atoms with Crippen molar-refractivity contribution in [3.63, 3.8) is 0 Å². The van der Waals surface area contributed by atoms with E-state index in [1.54, 1.807) is 0 Å². The molecule has 0 radical (unpaired) electrons. The fourth-order valence-electron chi connectivity index (χ4n) is 2.62. The number of hydrogen-bond acceptors (Lipinski definition) is 4. The maximum atomic E-state index is 11.4. The minimum Gasteiger partial charge on any atom is -0.393 e. The summed E-state index contributed by atoms with van der Waals surface area (Å²) in [4.78, 5) is 22.9. The molecule has 0 saturated heterocycles. The zero-order valence-electron chi connectivity index (χ0n) is 15.7. The molecular weight excluding hydrogens is 343 g/mol. The van der Waals surface area contributed by atoms with Gasteiger partial charge in [-0.1, -0.05) is 60.7 Å². The van der Waals surface area contributed by atoms with E-state index in [-0.39, 0.29) is 19.5 Å². The third-order valence-electron chi connectivity index (χ3n) is 3.79. The van der Waals surface area contributed by atoms with Crippen LogP contribution in [-0.2, 0) is 31.7 Å². The Morgan fingerprint density at radius 1 is 0.778 bits per heavy atom. The zero-order valence-corrected chi connectivity index (χ0v) is 15.7. The van der Waals surface area contributed by atoms with E-state index in [2.05, 4.69) is 10.6 Å². The summed E-state index contributed by atoms with van der Waals surface area (Å²) < 4.78 is 11.4. The molecule has 0 aromatic heterocycles. The molecule has 142 valence electrons. The van der Waals surface area contributed by atoms with Crippen molar-refractivity contribution in [1.82, 2.24) is 10.6 Å². The number of benzene rings is 2. The first-order valence-electron chi connectivity index (χ1n) is 8.88. The summed E-state index contributed by atoms with van der Waals surface area (Å²) in [6.45, 7) is 2.88. The molecule has 0 aliphatic carbocycles. The minimum atomic E-state index is -0.514. The highest BCUT2D eigenvalue weighted by atomic mass is 16.6. The number of carbonyl (C=O) groups excluding carboxylic acids is 2. The van der Waals surface area contributed by atoms with Crippen molar-refractivity contribution in [1.29, 1.82) is 0 Å². The Morgan fingerprint density at radius 3 is 1.48 bits per heavy atom. The first kappa shape index (κ1) is 20.7. The number of nitrogens with one attached hydrogen (secondary N) is 2. The lowest BCUT2D eigenvalue weighted by Crippen LogP contribution is -2.42. The third-order valence-corrected chi connectivity index (χ3v) is 3.79. The lowest BCUT2D eigenvalue weighted by atomic mass is 10.1. The van der Waals surface area contributed by atoms with E-state index in [9.17, 15) is 9.59 Å². The molecule has 27 heavy (non-hydrogen) atoms. The van der Waals surface area contributed by atoms with Crippen LogP contribution in [0.1, 0.15) is 25.0 Å². The summed E-state index contributed by atoms with van der Waals surface area (Å²) in [6.07, 6.45) is 0.0137. The van der Waals surface area contributed by atoms with E-state index in [1.165, 1.54) is 13.8 Å². The molecule has 0 heterocycles. The van der Waals surface area contributed by atoms with Gasteiger partial charge in [0.25, 0.3) is 0 Å². The second-order valence-electron chi connectivity index (χ2n) is 6.21. The summed E-state index contributed by atoms with van der Waals surface area (Å²) in [6, 6.07) is 19.5. The molecule has 0 fully saturated rings. The fraction of sp³-hybridized carbons (Fsp3) is 0.300. The van der Waals surface area contributed by atoms with Crippen molar-refractivity contribution in [3.05, 3.63) is 71.8 Å². The molecule has 0 saturated carbocycles. The lowest BCUT2D eigenvalue weighted by Gasteiger charge is -2.22. The SMILES string of the molecule is CC(=O)N[C@@H](Cc1ccccc1)OBO[C@H](Cc1ccccc1)NC(C)=O.